The Hall–Kier alpha value is -0.423. The van der Waals surface area contributed by atoms with Gasteiger partial charge in [0.05, 0.1) is 7.11 Å². The molecule has 0 atom stereocenters. The summed E-state index contributed by atoms with van der Waals surface area (Å²) < 4.78 is 5.06. The van der Waals surface area contributed by atoms with E-state index < -0.39 is 0 Å². The number of hydrogen-bond acceptors (Lipinski definition) is 2. The third kappa shape index (κ3) is 4.38. The van der Waals surface area contributed by atoms with Crippen molar-refractivity contribution in [2.24, 2.45) is 0 Å². The van der Waals surface area contributed by atoms with Crippen molar-refractivity contribution in [3.8, 4) is 5.75 Å². The minimum absolute atomic E-state index is 0. The third-order valence-corrected chi connectivity index (χ3v) is 1.54. The van der Waals surface area contributed by atoms with Crippen LogP contribution in [0.25, 0.3) is 0 Å². The van der Waals surface area contributed by atoms with Gasteiger partial charge in [-0.1, -0.05) is 0 Å². The molecule has 66 valence electrons. The molecule has 0 fully saturated rings. The van der Waals surface area contributed by atoms with Crippen LogP contribution >= 0.6 is 0 Å². The minimum atomic E-state index is 0. The molecule has 1 aromatic carbocycles. The van der Waals surface area contributed by atoms with Crippen molar-refractivity contribution in [1.29, 1.82) is 0 Å². The molecule has 0 aliphatic carbocycles. The first kappa shape index (κ1) is 12.6. The van der Waals surface area contributed by atoms with Crippen LogP contribution in [-0.4, -0.2) is 26.1 Å². The molecule has 0 aliphatic rings. The molecule has 1 aromatic rings. The molecule has 0 aliphatic heterocycles. The summed E-state index contributed by atoms with van der Waals surface area (Å²) in [4.78, 5) is 2.10. The Balaban J connectivity index is 0.00000144. The minimum Gasteiger partial charge on any atom is -0.523 e. The molecule has 0 unspecified atom stereocenters. The molecular formula is C10H14LiNO. The van der Waals surface area contributed by atoms with Crippen LogP contribution < -0.4 is 23.6 Å². The molecule has 0 heterocycles. The second-order valence-electron chi connectivity index (χ2n) is 2.98. The number of rotatable bonds is 3. The van der Waals surface area contributed by atoms with Crippen LogP contribution in [0.15, 0.2) is 18.2 Å². The second-order valence-corrected chi connectivity index (χ2v) is 2.98. The summed E-state index contributed by atoms with van der Waals surface area (Å²) in [6.07, 6.45) is 0. The molecule has 0 saturated carbocycles. The average molecular weight is 171 g/mol. The van der Waals surface area contributed by atoms with E-state index in [4.69, 9.17) is 4.74 Å². The molecule has 0 radical (unpaired) electrons. The molecule has 2 nitrogen and oxygen atoms in total. The fourth-order valence-corrected chi connectivity index (χ4v) is 1.05. The van der Waals surface area contributed by atoms with Gasteiger partial charge in [0.15, 0.2) is 0 Å². The van der Waals surface area contributed by atoms with Crippen LogP contribution in [0.2, 0.25) is 0 Å². The third-order valence-electron chi connectivity index (χ3n) is 1.54. The van der Waals surface area contributed by atoms with Crippen molar-refractivity contribution in [2.75, 3.05) is 21.2 Å². The Kier molecular flexibility index (Phi) is 5.90. The molecule has 1 rings (SSSR count). The van der Waals surface area contributed by atoms with Crippen molar-refractivity contribution in [2.45, 2.75) is 6.54 Å². The molecule has 3 heteroatoms. The number of ether oxygens (including phenoxy) is 1. The maximum absolute atomic E-state index is 5.06. The first-order valence-electron chi connectivity index (χ1n) is 3.92. The van der Waals surface area contributed by atoms with Gasteiger partial charge in [-0.25, -0.2) is 0 Å². The molecular weight excluding hydrogens is 157 g/mol. The van der Waals surface area contributed by atoms with Crippen molar-refractivity contribution in [3.05, 3.63) is 29.8 Å². The number of nitrogens with zero attached hydrogens (tertiary/aromatic N) is 1. The van der Waals surface area contributed by atoms with Gasteiger partial charge in [0.2, 0.25) is 0 Å². The van der Waals surface area contributed by atoms with Crippen LogP contribution in [0.5, 0.6) is 5.75 Å². The normalized spacial score (nSPS) is 9.54. The van der Waals surface area contributed by atoms with E-state index in [2.05, 4.69) is 11.0 Å². The molecule has 0 amide bonds. The van der Waals surface area contributed by atoms with Crippen LogP contribution in [0.1, 0.15) is 5.56 Å². The van der Waals surface area contributed by atoms with E-state index >= 15 is 0 Å². The maximum atomic E-state index is 5.06. The zero-order valence-electron chi connectivity index (χ0n) is 8.79. The van der Waals surface area contributed by atoms with E-state index in [0.29, 0.717) is 0 Å². The van der Waals surface area contributed by atoms with E-state index in [1.807, 2.05) is 32.3 Å². The summed E-state index contributed by atoms with van der Waals surface area (Å²) in [5, 5.41) is 0. The van der Waals surface area contributed by atoms with Gasteiger partial charge in [-0.05, 0) is 14.1 Å². The quantitative estimate of drug-likeness (QED) is 0.408. The first-order valence-corrected chi connectivity index (χ1v) is 3.92. The van der Waals surface area contributed by atoms with E-state index in [1.54, 1.807) is 7.11 Å². The van der Waals surface area contributed by atoms with Gasteiger partial charge < -0.3 is 9.64 Å². The van der Waals surface area contributed by atoms with Gasteiger partial charge in [0, 0.05) is 12.3 Å². The predicted octanol–water partition coefficient (Wildman–Crippen LogP) is -1.44. The SMILES string of the molecule is COc1[c-]c(CN(C)C)ccc1.[Li+]. The molecule has 13 heavy (non-hydrogen) atoms. The summed E-state index contributed by atoms with van der Waals surface area (Å²) >= 11 is 0. The number of benzene rings is 1. The largest absolute Gasteiger partial charge is 1.00 e. The fraction of sp³-hybridized carbons (Fsp3) is 0.400. The number of hydrogen-bond donors (Lipinski definition) is 0. The van der Waals surface area contributed by atoms with E-state index in [1.165, 1.54) is 0 Å². The summed E-state index contributed by atoms with van der Waals surface area (Å²) in [6.45, 7) is 0.900. The zero-order chi connectivity index (χ0) is 8.97. The van der Waals surface area contributed by atoms with Crippen molar-refractivity contribution >= 4 is 0 Å². The monoisotopic (exact) mass is 171 g/mol. The van der Waals surface area contributed by atoms with Crippen molar-refractivity contribution in [3.63, 3.8) is 0 Å². The van der Waals surface area contributed by atoms with Gasteiger partial charge >= 0.3 is 18.9 Å². The average Bonchev–Trinajstić information content (AvgIpc) is 2.03. The molecule has 0 bridgehead atoms. The van der Waals surface area contributed by atoms with Crippen LogP contribution in [0.4, 0.5) is 0 Å². The van der Waals surface area contributed by atoms with Gasteiger partial charge in [-0.3, -0.25) is 0 Å². The standard InChI is InChI=1S/C10H14NO.Li/c1-11(2)8-9-5-4-6-10(7-9)12-3;/h4-6H,8H2,1-3H3;/q-1;+1. The number of methoxy groups -OCH3 is 1. The molecule has 0 saturated heterocycles. The van der Waals surface area contributed by atoms with Gasteiger partial charge in [0.25, 0.3) is 0 Å². The van der Waals surface area contributed by atoms with Crippen molar-refractivity contribution < 1.29 is 23.6 Å². The second kappa shape index (κ2) is 6.10. The topological polar surface area (TPSA) is 12.5 Å². The smallest absolute Gasteiger partial charge is 0.523 e. The summed E-state index contributed by atoms with van der Waals surface area (Å²) in [6, 6.07) is 9.09. The van der Waals surface area contributed by atoms with E-state index in [9.17, 15) is 0 Å². The summed E-state index contributed by atoms with van der Waals surface area (Å²) in [7, 11) is 5.73. The molecule has 0 spiro atoms. The molecule has 0 aromatic heterocycles. The van der Waals surface area contributed by atoms with Crippen LogP contribution in [-0.2, 0) is 6.54 Å². The van der Waals surface area contributed by atoms with Gasteiger partial charge in [-0.15, -0.1) is 17.7 Å². The Labute approximate surface area is 92.1 Å². The van der Waals surface area contributed by atoms with Gasteiger partial charge in [-0.2, -0.15) is 12.1 Å². The summed E-state index contributed by atoms with van der Waals surface area (Å²) in [5.41, 5.74) is 1.15. The fourth-order valence-electron chi connectivity index (χ4n) is 1.05. The van der Waals surface area contributed by atoms with E-state index in [0.717, 1.165) is 17.9 Å². The van der Waals surface area contributed by atoms with Crippen LogP contribution in [0, 0.1) is 6.07 Å². The Morgan fingerprint density at radius 3 is 2.62 bits per heavy atom. The van der Waals surface area contributed by atoms with E-state index in [-0.39, 0.29) is 18.9 Å². The first-order chi connectivity index (χ1) is 5.72. The predicted molar refractivity (Wildman–Crippen MR) is 49.2 cm³/mol. The Morgan fingerprint density at radius 1 is 1.38 bits per heavy atom. The maximum Gasteiger partial charge on any atom is 1.00 e. The summed E-state index contributed by atoms with van der Waals surface area (Å²) in [5.74, 6) is 0.800. The van der Waals surface area contributed by atoms with Gasteiger partial charge in [0.1, 0.15) is 0 Å². The van der Waals surface area contributed by atoms with Crippen molar-refractivity contribution in [1.82, 2.24) is 4.90 Å². The zero-order valence-corrected chi connectivity index (χ0v) is 8.79. The Bertz CT molecular complexity index is 250. The Morgan fingerprint density at radius 2 is 2.08 bits per heavy atom. The molecule has 0 N–H and O–H groups in total. The van der Waals surface area contributed by atoms with Crippen LogP contribution in [0.3, 0.4) is 0 Å².